The number of fused-ring (bicyclic) bond motifs is 1. The van der Waals surface area contributed by atoms with E-state index in [0.717, 1.165) is 0 Å². The fourth-order valence-electron chi connectivity index (χ4n) is 1.61. The van der Waals surface area contributed by atoms with E-state index in [1.165, 1.54) is 0 Å². The topological polar surface area (TPSA) is 77.4 Å². The van der Waals surface area contributed by atoms with Gasteiger partial charge in [0.15, 0.2) is 0 Å². The number of ether oxygens (including phenoxy) is 2. The molecule has 6 nitrogen and oxygen atoms in total. The van der Waals surface area contributed by atoms with Crippen LogP contribution in [0.4, 0.5) is 0 Å². The van der Waals surface area contributed by atoms with Crippen molar-refractivity contribution in [1.29, 1.82) is 0 Å². The molecule has 2 heterocycles. The minimum absolute atomic E-state index is 0.256. The van der Waals surface area contributed by atoms with Crippen molar-refractivity contribution in [3.05, 3.63) is 0 Å². The van der Waals surface area contributed by atoms with Gasteiger partial charge in [-0.1, -0.05) is 0 Å². The predicted molar refractivity (Wildman–Crippen MR) is 34.5 cm³/mol. The zero-order chi connectivity index (χ0) is 8.55. The summed E-state index contributed by atoms with van der Waals surface area (Å²) in [6.07, 6.45) is -1.63. The lowest BCUT2D eigenvalue weighted by molar-refractivity contribution is -0.297. The molecule has 2 aliphatic rings. The van der Waals surface area contributed by atoms with Gasteiger partial charge in [0.2, 0.25) is 0 Å². The highest BCUT2D eigenvalue weighted by Crippen LogP contribution is 2.29. The van der Waals surface area contributed by atoms with E-state index in [2.05, 4.69) is 9.78 Å². The van der Waals surface area contributed by atoms with Crippen molar-refractivity contribution in [1.82, 2.24) is 0 Å². The highest BCUT2D eigenvalue weighted by Gasteiger charge is 2.49. The van der Waals surface area contributed by atoms with E-state index in [-0.39, 0.29) is 25.4 Å². The monoisotopic (exact) mass is 178 g/mol. The highest BCUT2D eigenvalue weighted by atomic mass is 17.1. The molecule has 0 spiro atoms. The van der Waals surface area contributed by atoms with Crippen molar-refractivity contribution in [2.24, 2.45) is 0 Å². The molecule has 70 valence electrons. The Labute approximate surface area is 68.5 Å². The largest absolute Gasteiger partial charge is 0.370 e. The Balaban J connectivity index is 2.01. The molecule has 0 amide bonds. The summed E-state index contributed by atoms with van der Waals surface area (Å²) in [5.74, 6) is 0. The molecule has 4 unspecified atom stereocenters. The minimum Gasteiger partial charge on any atom is -0.370 e. The standard InChI is InChI=1S/C6H10O6/c7-11-3-1-9-6-4(12-8)2-10-5(3)6/h3-8H,1-2H2. The first kappa shape index (κ1) is 8.36. The Morgan fingerprint density at radius 1 is 0.917 bits per heavy atom. The summed E-state index contributed by atoms with van der Waals surface area (Å²) in [5.41, 5.74) is 0. The van der Waals surface area contributed by atoms with E-state index in [9.17, 15) is 0 Å². The Bertz CT molecular complexity index is 144. The average molecular weight is 178 g/mol. The summed E-state index contributed by atoms with van der Waals surface area (Å²) in [4.78, 5) is 8.26. The van der Waals surface area contributed by atoms with Gasteiger partial charge >= 0.3 is 0 Å². The number of hydrogen-bond donors (Lipinski definition) is 2. The average Bonchev–Trinajstić information content (AvgIpc) is 2.62. The lowest BCUT2D eigenvalue weighted by atomic mass is 10.1. The molecule has 4 atom stereocenters. The normalized spacial score (nSPS) is 46.5. The van der Waals surface area contributed by atoms with Gasteiger partial charge in [0.1, 0.15) is 24.4 Å². The van der Waals surface area contributed by atoms with Crippen LogP contribution in [0.2, 0.25) is 0 Å². The maximum atomic E-state index is 8.41. The van der Waals surface area contributed by atoms with Crippen LogP contribution < -0.4 is 0 Å². The molecule has 12 heavy (non-hydrogen) atoms. The van der Waals surface area contributed by atoms with Gasteiger partial charge in [-0.3, -0.25) is 10.5 Å². The van der Waals surface area contributed by atoms with Crippen LogP contribution in [-0.4, -0.2) is 48.1 Å². The summed E-state index contributed by atoms with van der Waals surface area (Å²) in [6.45, 7) is 0.511. The molecule has 2 aliphatic heterocycles. The molecule has 0 radical (unpaired) electrons. The van der Waals surface area contributed by atoms with E-state index in [1.807, 2.05) is 0 Å². The van der Waals surface area contributed by atoms with Gasteiger partial charge in [0.05, 0.1) is 13.2 Å². The minimum atomic E-state index is -0.477. The maximum Gasteiger partial charge on any atom is 0.145 e. The molecule has 0 aromatic rings. The molecule has 0 saturated carbocycles. The van der Waals surface area contributed by atoms with E-state index in [4.69, 9.17) is 20.0 Å². The third-order valence-corrected chi connectivity index (χ3v) is 2.23. The SMILES string of the molecule is OOC1COC2C(OO)COC12. The summed E-state index contributed by atoms with van der Waals surface area (Å²) in [5, 5.41) is 16.8. The van der Waals surface area contributed by atoms with Crippen molar-refractivity contribution < 1.29 is 29.8 Å². The molecular formula is C6H10O6. The van der Waals surface area contributed by atoms with Crippen LogP contribution in [0.5, 0.6) is 0 Å². The van der Waals surface area contributed by atoms with Crippen LogP contribution in [-0.2, 0) is 19.2 Å². The molecule has 2 saturated heterocycles. The molecule has 0 aromatic heterocycles. The van der Waals surface area contributed by atoms with Crippen LogP contribution in [0.1, 0.15) is 0 Å². The van der Waals surface area contributed by atoms with E-state index in [1.54, 1.807) is 0 Å². The molecule has 0 aromatic carbocycles. The lowest BCUT2D eigenvalue weighted by Crippen LogP contribution is -2.33. The third-order valence-electron chi connectivity index (χ3n) is 2.23. The fraction of sp³-hybridized carbons (Fsp3) is 1.00. The first-order valence-corrected chi connectivity index (χ1v) is 3.70. The first-order chi connectivity index (χ1) is 5.86. The van der Waals surface area contributed by atoms with Crippen LogP contribution in [0.25, 0.3) is 0 Å². The van der Waals surface area contributed by atoms with Crippen LogP contribution in [0.3, 0.4) is 0 Å². The van der Waals surface area contributed by atoms with Crippen molar-refractivity contribution in [2.75, 3.05) is 13.2 Å². The second-order valence-electron chi connectivity index (χ2n) is 2.88. The van der Waals surface area contributed by atoms with Crippen molar-refractivity contribution in [3.8, 4) is 0 Å². The quantitative estimate of drug-likeness (QED) is 0.438. The lowest BCUT2D eigenvalue weighted by Gasteiger charge is -2.12. The Morgan fingerprint density at radius 3 is 1.67 bits per heavy atom. The van der Waals surface area contributed by atoms with Crippen LogP contribution in [0, 0.1) is 0 Å². The molecule has 2 fully saturated rings. The molecular weight excluding hydrogens is 168 g/mol. The third kappa shape index (κ3) is 1.13. The van der Waals surface area contributed by atoms with Gasteiger partial charge in [-0.25, -0.2) is 9.78 Å². The zero-order valence-electron chi connectivity index (χ0n) is 6.25. The smallest absolute Gasteiger partial charge is 0.145 e. The summed E-state index contributed by atoms with van der Waals surface area (Å²) < 4.78 is 10.4. The molecule has 0 aliphatic carbocycles. The van der Waals surface area contributed by atoms with E-state index >= 15 is 0 Å². The van der Waals surface area contributed by atoms with Crippen LogP contribution in [0.15, 0.2) is 0 Å². The summed E-state index contributed by atoms with van der Waals surface area (Å²) >= 11 is 0. The van der Waals surface area contributed by atoms with Crippen LogP contribution >= 0.6 is 0 Å². The van der Waals surface area contributed by atoms with Crippen molar-refractivity contribution >= 4 is 0 Å². The predicted octanol–water partition coefficient (Wildman–Crippen LogP) is -0.500. The zero-order valence-corrected chi connectivity index (χ0v) is 6.25. The first-order valence-electron chi connectivity index (χ1n) is 3.70. The van der Waals surface area contributed by atoms with Gasteiger partial charge in [0, 0.05) is 0 Å². The highest BCUT2D eigenvalue weighted by molar-refractivity contribution is 4.94. The van der Waals surface area contributed by atoms with Gasteiger partial charge in [-0.05, 0) is 0 Å². The van der Waals surface area contributed by atoms with Gasteiger partial charge < -0.3 is 9.47 Å². The Morgan fingerprint density at radius 2 is 1.33 bits per heavy atom. The van der Waals surface area contributed by atoms with Crippen molar-refractivity contribution in [2.45, 2.75) is 24.4 Å². The maximum absolute atomic E-state index is 8.41. The molecule has 2 rings (SSSR count). The second-order valence-corrected chi connectivity index (χ2v) is 2.88. The van der Waals surface area contributed by atoms with E-state index < -0.39 is 12.2 Å². The molecule has 6 heteroatoms. The fourth-order valence-corrected chi connectivity index (χ4v) is 1.61. The number of rotatable bonds is 2. The van der Waals surface area contributed by atoms with Gasteiger partial charge in [0.25, 0.3) is 0 Å². The van der Waals surface area contributed by atoms with Gasteiger partial charge in [-0.15, -0.1) is 0 Å². The molecule has 2 N–H and O–H groups in total. The second kappa shape index (κ2) is 3.25. The van der Waals surface area contributed by atoms with Crippen molar-refractivity contribution in [3.63, 3.8) is 0 Å². The van der Waals surface area contributed by atoms with E-state index in [0.29, 0.717) is 0 Å². The Kier molecular flexibility index (Phi) is 2.26. The summed E-state index contributed by atoms with van der Waals surface area (Å²) in [6, 6.07) is 0. The summed E-state index contributed by atoms with van der Waals surface area (Å²) in [7, 11) is 0. The number of hydrogen-bond acceptors (Lipinski definition) is 6. The Hall–Kier alpha value is -0.240. The van der Waals surface area contributed by atoms with Gasteiger partial charge in [-0.2, -0.15) is 0 Å². The molecule has 0 bridgehead atoms.